The summed E-state index contributed by atoms with van der Waals surface area (Å²) in [6, 6.07) is 14.6. The maximum Gasteiger partial charge on any atom is 0.257 e. The molecule has 1 fully saturated rings. The highest BCUT2D eigenvalue weighted by Gasteiger charge is 2.28. The number of halogens is 1. The van der Waals surface area contributed by atoms with E-state index in [1.54, 1.807) is 19.1 Å². The Bertz CT molecular complexity index is 1030. The SMILES string of the molecule is Cc1cccc(CN2CCC(NC(=O)c3c(-c4cccc(F)c4)noc3C)C2)c1. The Morgan fingerprint density at radius 1 is 1.24 bits per heavy atom. The van der Waals surface area contributed by atoms with Crippen molar-refractivity contribution in [2.24, 2.45) is 0 Å². The highest BCUT2D eigenvalue weighted by atomic mass is 19.1. The Hall–Kier alpha value is -2.99. The van der Waals surface area contributed by atoms with Gasteiger partial charge < -0.3 is 9.84 Å². The maximum absolute atomic E-state index is 13.6. The van der Waals surface area contributed by atoms with E-state index in [1.807, 2.05) is 0 Å². The third-order valence-corrected chi connectivity index (χ3v) is 5.28. The topological polar surface area (TPSA) is 58.4 Å². The molecule has 0 spiro atoms. The molecular formula is C23H24FN3O2. The van der Waals surface area contributed by atoms with Crippen LogP contribution < -0.4 is 5.32 Å². The number of rotatable bonds is 5. The van der Waals surface area contributed by atoms with Crippen LogP contribution in [0.3, 0.4) is 0 Å². The number of carbonyl (C=O) groups excluding carboxylic acids is 1. The second kappa shape index (κ2) is 8.17. The van der Waals surface area contributed by atoms with Gasteiger partial charge in [0.05, 0.1) is 0 Å². The lowest BCUT2D eigenvalue weighted by molar-refractivity contribution is 0.0936. The van der Waals surface area contributed by atoms with Crippen LogP contribution in [0.1, 0.15) is 33.7 Å². The molecule has 5 nitrogen and oxygen atoms in total. The minimum atomic E-state index is -0.378. The molecule has 1 saturated heterocycles. The van der Waals surface area contributed by atoms with Crippen molar-refractivity contribution < 1.29 is 13.7 Å². The highest BCUT2D eigenvalue weighted by molar-refractivity contribution is 6.00. The molecule has 150 valence electrons. The van der Waals surface area contributed by atoms with Crippen molar-refractivity contribution in [1.29, 1.82) is 0 Å². The monoisotopic (exact) mass is 393 g/mol. The quantitative estimate of drug-likeness (QED) is 0.709. The number of benzene rings is 2. The van der Waals surface area contributed by atoms with Crippen molar-refractivity contribution in [3.63, 3.8) is 0 Å². The van der Waals surface area contributed by atoms with E-state index in [0.29, 0.717) is 22.6 Å². The lowest BCUT2D eigenvalue weighted by atomic mass is 10.1. The van der Waals surface area contributed by atoms with Gasteiger partial charge in [0.1, 0.15) is 22.8 Å². The number of carbonyl (C=O) groups is 1. The van der Waals surface area contributed by atoms with E-state index in [0.717, 1.165) is 26.1 Å². The average Bonchev–Trinajstić information content (AvgIpc) is 3.28. The first-order valence-electron chi connectivity index (χ1n) is 9.80. The number of nitrogens with one attached hydrogen (secondary N) is 1. The second-order valence-corrected chi connectivity index (χ2v) is 7.66. The molecule has 2 heterocycles. The van der Waals surface area contributed by atoms with E-state index < -0.39 is 0 Å². The van der Waals surface area contributed by atoms with Gasteiger partial charge >= 0.3 is 0 Å². The number of hydrogen-bond donors (Lipinski definition) is 1. The van der Waals surface area contributed by atoms with Crippen molar-refractivity contribution in [2.45, 2.75) is 32.9 Å². The van der Waals surface area contributed by atoms with Crippen LogP contribution in [0.2, 0.25) is 0 Å². The highest BCUT2D eigenvalue weighted by Crippen LogP contribution is 2.26. The molecule has 1 amide bonds. The van der Waals surface area contributed by atoms with Crippen LogP contribution >= 0.6 is 0 Å². The fourth-order valence-electron chi connectivity index (χ4n) is 3.89. The third-order valence-electron chi connectivity index (χ3n) is 5.28. The van der Waals surface area contributed by atoms with E-state index in [2.05, 4.69) is 46.6 Å². The summed E-state index contributed by atoms with van der Waals surface area (Å²) in [5.41, 5.74) is 3.79. The van der Waals surface area contributed by atoms with E-state index >= 15 is 0 Å². The molecule has 1 atom stereocenters. The Balaban J connectivity index is 1.43. The summed E-state index contributed by atoms with van der Waals surface area (Å²) in [6.45, 7) is 6.38. The van der Waals surface area contributed by atoms with Gasteiger partial charge in [-0.1, -0.05) is 47.1 Å². The van der Waals surface area contributed by atoms with Crippen LogP contribution in [-0.4, -0.2) is 35.1 Å². The first kappa shape index (κ1) is 19.3. The minimum Gasteiger partial charge on any atom is -0.360 e. The van der Waals surface area contributed by atoms with Gasteiger partial charge in [0, 0.05) is 31.2 Å². The summed E-state index contributed by atoms with van der Waals surface area (Å²) in [4.78, 5) is 15.3. The Kier molecular flexibility index (Phi) is 5.45. The molecule has 1 aliphatic heterocycles. The predicted octanol–water partition coefficient (Wildman–Crippen LogP) is 4.10. The van der Waals surface area contributed by atoms with Gasteiger partial charge in [0.2, 0.25) is 0 Å². The molecule has 4 rings (SSSR count). The standard InChI is InChI=1S/C23H24FN3O2/c1-15-5-3-6-17(11-15)13-27-10-9-20(14-27)25-23(28)21-16(2)29-26-22(21)18-7-4-8-19(24)12-18/h3-8,11-12,20H,9-10,13-14H2,1-2H3,(H,25,28). The van der Waals surface area contributed by atoms with Crippen molar-refractivity contribution in [1.82, 2.24) is 15.4 Å². The number of hydrogen-bond acceptors (Lipinski definition) is 4. The molecule has 2 aromatic carbocycles. The van der Waals surface area contributed by atoms with Crippen LogP contribution in [0.5, 0.6) is 0 Å². The van der Waals surface area contributed by atoms with E-state index in [-0.39, 0.29) is 17.8 Å². The minimum absolute atomic E-state index is 0.0574. The summed E-state index contributed by atoms with van der Waals surface area (Å²) < 4.78 is 18.8. The molecule has 3 aromatic rings. The van der Waals surface area contributed by atoms with E-state index in [9.17, 15) is 9.18 Å². The van der Waals surface area contributed by atoms with Crippen LogP contribution in [0, 0.1) is 19.7 Å². The molecule has 1 aliphatic rings. The fraction of sp³-hybridized carbons (Fsp3) is 0.304. The second-order valence-electron chi connectivity index (χ2n) is 7.66. The number of amides is 1. The zero-order valence-electron chi connectivity index (χ0n) is 16.6. The summed E-state index contributed by atoms with van der Waals surface area (Å²) in [7, 11) is 0. The first-order valence-corrected chi connectivity index (χ1v) is 9.80. The molecule has 6 heteroatoms. The molecule has 0 aliphatic carbocycles. The fourth-order valence-corrected chi connectivity index (χ4v) is 3.89. The van der Waals surface area contributed by atoms with Gasteiger partial charge in [0.25, 0.3) is 5.91 Å². The lowest BCUT2D eigenvalue weighted by Gasteiger charge is -2.17. The number of aryl methyl sites for hydroxylation is 2. The van der Waals surface area contributed by atoms with Crippen LogP contribution in [0.4, 0.5) is 4.39 Å². The van der Waals surface area contributed by atoms with Crippen LogP contribution in [0.15, 0.2) is 53.1 Å². The van der Waals surface area contributed by atoms with Gasteiger partial charge in [0.15, 0.2) is 0 Å². The molecule has 29 heavy (non-hydrogen) atoms. The van der Waals surface area contributed by atoms with E-state index in [1.165, 1.54) is 23.3 Å². The number of nitrogens with zero attached hydrogens (tertiary/aromatic N) is 2. The molecule has 1 unspecified atom stereocenters. The predicted molar refractivity (Wildman–Crippen MR) is 109 cm³/mol. The molecule has 1 N–H and O–H groups in total. The summed E-state index contributed by atoms with van der Waals surface area (Å²) in [5.74, 6) is -0.182. The average molecular weight is 393 g/mol. The maximum atomic E-state index is 13.6. The lowest BCUT2D eigenvalue weighted by Crippen LogP contribution is -2.37. The van der Waals surface area contributed by atoms with Crippen LogP contribution in [-0.2, 0) is 6.54 Å². The molecular weight excluding hydrogens is 369 g/mol. The summed E-state index contributed by atoms with van der Waals surface area (Å²) >= 11 is 0. The molecule has 0 radical (unpaired) electrons. The Morgan fingerprint density at radius 3 is 2.86 bits per heavy atom. The Morgan fingerprint density at radius 2 is 2.07 bits per heavy atom. The number of likely N-dealkylation sites (tertiary alicyclic amines) is 1. The van der Waals surface area contributed by atoms with Crippen molar-refractivity contribution >= 4 is 5.91 Å². The smallest absolute Gasteiger partial charge is 0.257 e. The van der Waals surface area contributed by atoms with Gasteiger partial charge in [-0.15, -0.1) is 0 Å². The summed E-state index contributed by atoms with van der Waals surface area (Å²) in [6.07, 6.45) is 0.886. The Labute approximate surface area is 169 Å². The molecule has 1 aromatic heterocycles. The van der Waals surface area contributed by atoms with E-state index in [4.69, 9.17) is 4.52 Å². The zero-order chi connectivity index (χ0) is 20.4. The van der Waals surface area contributed by atoms with Crippen molar-refractivity contribution in [2.75, 3.05) is 13.1 Å². The summed E-state index contributed by atoms with van der Waals surface area (Å²) in [5, 5.41) is 7.09. The largest absolute Gasteiger partial charge is 0.360 e. The van der Waals surface area contributed by atoms with Gasteiger partial charge in [-0.25, -0.2) is 4.39 Å². The van der Waals surface area contributed by atoms with Crippen molar-refractivity contribution in [3.05, 3.63) is 76.8 Å². The first-order chi connectivity index (χ1) is 14.0. The normalized spacial score (nSPS) is 16.9. The van der Waals surface area contributed by atoms with Gasteiger partial charge in [-0.3, -0.25) is 9.69 Å². The van der Waals surface area contributed by atoms with Crippen LogP contribution in [0.25, 0.3) is 11.3 Å². The van der Waals surface area contributed by atoms with Gasteiger partial charge in [-0.05, 0) is 38.0 Å². The van der Waals surface area contributed by atoms with Gasteiger partial charge in [-0.2, -0.15) is 0 Å². The molecule has 0 bridgehead atoms. The number of aromatic nitrogens is 1. The zero-order valence-corrected chi connectivity index (χ0v) is 16.6. The molecule has 0 saturated carbocycles. The third kappa shape index (κ3) is 4.38. The van der Waals surface area contributed by atoms with Crippen molar-refractivity contribution in [3.8, 4) is 11.3 Å².